The zero-order valence-electron chi connectivity index (χ0n) is 11.5. The summed E-state index contributed by atoms with van der Waals surface area (Å²) in [6, 6.07) is 4.08. The Kier molecular flexibility index (Phi) is 3.04. The number of phenolic OH excluding ortho intramolecular Hbond substituents is 2. The van der Waals surface area contributed by atoms with Crippen molar-refractivity contribution in [3.8, 4) is 11.5 Å². The molecule has 10 heteroatoms. The van der Waals surface area contributed by atoms with Gasteiger partial charge in [0.05, 0.1) is 15.4 Å². The molecule has 120 valence electrons. The summed E-state index contributed by atoms with van der Waals surface area (Å²) in [5, 5.41) is 41.6. The van der Waals surface area contributed by atoms with Crippen LogP contribution in [0, 0.1) is 20.2 Å². The minimum absolute atomic E-state index is 0.283. The van der Waals surface area contributed by atoms with Crippen molar-refractivity contribution in [1.29, 1.82) is 0 Å². The molecule has 0 saturated carbocycles. The van der Waals surface area contributed by atoms with E-state index in [4.69, 9.17) is 0 Å². The van der Waals surface area contributed by atoms with E-state index in [0.717, 1.165) is 6.07 Å². The Hall–Kier alpha value is -3.82. The number of rotatable bonds is 2. The second kappa shape index (κ2) is 4.84. The molecule has 0 bridgehead atoms. The van der Waals surface area contributed by atoms with Gasteiger partial charge in [0.15, 0.2) is 11.5 Å². The van der Waals surface area contributed by atoms with Gasteiger partial charge in [0, 0.05) is 17.2 Å². The molecule has 0 aromatic heterocycles. The van der Waals surface area contributed by atoms with Gasteiger partial charge in [-0.25, -0.2) is 0 Å². The number of carbonyl (C=O) groups excluding carboxylic acids is 2. The summed E-state index contributed by atoms with van der Waals surface area (Å²) in [6.45, 7) is 0. The Morgan fingerprint density at radius 2 is 1.54 bits per heavy atom. The number of ketones is 2. The van der Waals surface area contributed by atoms with Crippen LogP contribution in [0.1, 0.15) is 31.8 Å². The fraction of sp³-hybridized carbons (Fsp3) is 0. The largest absolute Gasteiger partial charge is 0.502 e. The summed E-state index contributed by atoms with van der Waals surface area (Å²) in [6.07, 6.45) is 0. The summed E-state index contributed by atoms with van der Waals surface area (Å²) in [7, 11) is 0. The van der Waals surface area contributed by atoms with Crippen LogP contribution in [0.4, 0.5) is 11.4 Å². The first-order chi connectivity index (χ1) is 11.3. The molecular formula is C14H6N2O8. The van der Waals surface area contributed by atoms with Crippen LogP contribution in [-0.2, 0) is 0 Å². The predicted octanol–water partition coefficient (Wildman–Crippen LogP) is 1.69. The van der Waals surface area contributed by atoms with Crippen molar-refractivity contribution in [2.45, 2.75) is 0 Å². The van der Waals surface area contributed by atoms with Gasteiger partial charge < -0.3 is 10.2 Å². The van der Waals surface area contributed by atoms with E-state index in [9.17, 15) is 40.0 Å². The number of hydrogen-bond donors (Lipinski definition) is 2. The third-order valence-electron chi connectivity index (χ3n) is 3.62. The first-order valence-electron chi connectivity index (χ1n) is 6.35. The van der Waals surface area contributed by atoms with Gasteiger partial charge in [0.1, 0.15) is 5.56 Å². The Labute approximate surface area is 131 Å². The lowest BCUT2D eigenvalue weighted by atomic mass is 9.82. The average Bonchev–Trinajstić information content (AvgIpc) is 2.50. The highest BCUT2D eigenvalue weighted by molar-refractivity contribution is 6.31. The zero-order valence-corrected chi connectivity index (χ0v) is 11.5. The number of carbonyl (C=O) groups is 2. The Balaban J connectivity index is 2.41. The van der Waals surface area contributed by atoms with Gasteiger partial charge in [-0.2, -0.15) is 0 Å². The number of aromatic hydroxyl groups is 2. The molecule has 0 unspecified atom stereocenters. The van der Waals surface area contributed by atoms with Gasteiger partial charge in [0.25, 0.3) is 5.69 Å². The van der Waals surface area contributed by atoms with E-state index >= 15 is 0 Å². The van der Waals surface area contributed by atoms with Gasteiger partial charge in [-0.1, -0.05) is 6.07 Å². The van der Waals surface area contributed by atoms with Gasteiger partial charge in [-0.3, -0.25) is 29.8 Å². The molecule has 0 aliphatic heterocycles. The molecule has 0 amide bonds. The van der Waals surface area contributed by atoms with Crippen molar-refractivity contribution in [2.24, 2.45) is 0 Å². The molecule has 0 radical (unpaired) electrons. The Morgan fingerprint density at radius 1 is 0.875 bits per heavy atom. The monoisotopic (exact) mass is 330 g/mol. The van der Waals surface area contributed by atoms with E-state index in [1.807, 2.05) is 0 Å². The Bertz CT molecular complexity index is 979. The number of nitro benzene ring substituents is 2. The lowest BCUT2D eigenvalue weighted by molar-refractivity contribution is -0.387. The van der Waals surface area contributed by atoms with Crippen molar-refractivity contribution in [1.82, 2.24) is 0 Å². The average molecular weight is 330 g/mol. The van der Waals surface area contributed by atoms with Crippen LogP contribution in [0.5, 0.6) is 11.5 Å². The van der Waals surface area contributed by atoms with Gasteiger partial charge in [-0.15, -0.1) is 0 Å². The summed E-state index contributed by atoms with van der Waals surface area (Å²) >= 11 is 0. The number of nitro groups is 2. The van der Waals surface area contributed by atoms with E-state index < -0.39 is 61.0 Å². The van der Waals surface area contributed by atoms with E-state index in [2.05, 4.69) is 0 Å². The fourth-order valence-electron chi connectivity index (χ4n) is 2.62. The molecule has 1 aliphatic carbocycles. The molecule has 2 aromatic rings. The van der Waals surface area contributed by atoms with E-state index in [-0.39, 0.29) is 5.56 Å². The van der Waals surface area contributed by atoms with Gasteiger partial charge >= 0.3 is 5.69 Å². The van der Waals surface area contributed by atoms with Crippen molar-refractivity contribution in [3.63, 3.8) is 0 Å². The normalized spacial score (nSPS) is 12.5. The van der Waals surface area contributed by atoms with Crippen molar-refractivity contribution in [3.05, 3.63) is 66.7 Å². The minimum atomic E-state index is -1.21. The van der Waals surface area contributed by atoms with Crippen LogP contribution in [0.15, 0.2) is 24.3 Å². The molecule has 10 nitrogen and oxygen atoms in total. The minimum Gasteiger partial charge on any atom is -0.502 e. The quantitative estimate of drug-likeness (QED) is 0.530. The van der Waals surface area contributed by atoms with E-state index in [1.165, 1.54) is 12.1 Å². The summed E-state index contributed by atoms with van der Waals surface area (Å²) in [5.41, 5.74) is -3.87. The Morgan fingerprint density at radius 3 is 2.12 bits per heavy atom. The van der Waals surface area contributed by atoms with Crippen LogP contribution in [0.3, 0.4) is 0 Å². The van der Waals surface area contributed by atoms with Crippen LogP contribution in [-0.4, -0.2) is 31.6 Å². The maximum atomic E-state index is 12.6. The maximum absolute atomic E-state index is 12.6. The number of nitrogens with zero attached hydrogens (tertiary/aromatic N) is 2. The highest BCUT2D eigenvalue weighted by Crippen LogP contribution is 2.45. The van der Waals surface area contributed by atoms with Crippen LogP contribution >= 0.6 is 0 Å². The molecule has 1 aliphatic rings. The second-order valence-electron chi connectivity index (χ2n) is 4.89. The predicted molar refractivity (Wildman–Crippen MR) is 76.4 cm³/mol. The highest BCUT2D eigenvalue weighted by atomic mass is 16.6. The molecule has 24 heavy (non-hydrogen) atoms. The van der Waals surface area contributed by atoms with Crippen molar-refractivity contribution in [2.75, 3.05) is 0 Å². The summed E-state index contributed by atoms with van der Waals surface area (Å²) in [5.74, 6) is -4.18. The van der Waals surface area contributed by atoms with Crippen LogP contribution in [0.2, 0.25) is 0 Å². The van der Waals surface area contributed by atoms with E-state index in [1.54, 1.807) is 0 Å². The number of benzene rings is 2. The molecule has 0 spiro atoms. The molecule has 2 aromatic carbocycles. The number of fused-ring (bicyclic) bond motifs is 2. The standard InChI is InChI=1S/C14H6N2O8/c17-8-4-6-10(14(20)11(8)16(23)24)13(19)9-5(12(6)18)2-1-3-7(9)15(21)22/h1-4,17,20H. The fourth-order valence-corrected chi connectivity index (χ4v) is 2.62. The van der Waals surface area contributed by atoms with Crippen molar-refractivity contribution >= 4 is 22.9 Å². The molecule has 0 atom stereocenters. The van der Waals surface area contributed by atoms with E-state index in [0.29, 0.717) is 6.07 Å². The molecule has 0 saturated heterocycles. The summed E-state index contributed by atoms with van der Waals surface area (Å²) < 4.78 is 0. The zero-order chi connectivity index (χ0) is 17.8. The van der Waals surface area contributed by atoms with Gasteiger partial charge in [-0.05, 0) is 12.1 Å². The molecular weight excluding hydrogens is 324 g/mol. The lowest BCUT2D eigenvalue weighted by Gasteiger charge is -2.18. The first-order valence-corrected chi connectivity index (χ1v) is 6.35. The van der Waals surface area contributed by atoms with Crippen LogP contribution in [0.25, 0.3) is 0 Å². The topological polar surface area (TPSA) is 161 Å². The summed E-state index contributed by atoms with van der Waals surface area (Å²) in [4.78, 5) is 45.0. The number of hydrogen-bond acceptors (Lipinski definition) is 8. The number of phenols is 2. The first kappa shape index (κ1) is 15.1. The highest BCUT2D eigenvalue weighted by Gasteiger charge is 2.41. The lowest BCUT2D eigenvalue weighted by Crippen LogP contribution is -2.22. The molecule has 3 rings (SSSR count). The molecule has 2 N–H and O–H groups in total. The van der Waals surface area contributed by atoms with Crippen molar-refractivity contribution < 1.29 is 29.6 Å². The van der Waals surface area contributed by atoms with Crippen LogP contribution < -0.4 is 0 Å². The molecule has 0 heterocycles. The third kappa shape index (κ3) is 1.83. The molecule has 0 fully saturated rings. The second-order valence-corrected chi connectivity index (χ2v) is 4.89. The maximum Gasteiger partial charge on any atom is 0.352 e. The smallest absolute Gasteiger partial charge is 0.352 e. The third-order valence-corrected chi connectivity index (χ3v) is 3.62. The van der Waals surface area contributed by atoms with Gasteiger partial charge in [0.2, 0.25) is 11.5 Å². The SMILES string of the molecule is O=C1c2cccc([N+](=O)[O-])c2C(=O)c2c1cc(O)c([N+](=O)[O-])c2O.